The highest BCUT2D eigenvalue weighted by molar-refractivity contribution is 6.30. The molecule has 0 saturated carbocycles. The number of benzene rings is 1. The number of aliphatic carboxylic acids is 1. The fourth-order valence-corrected chi connectivity index (χ4v) is 1.53. The van der Waals surface area contributed by atoms with Crippen molar-refractivity contribution in [2.24, 2.45) is 5.92 Å². The zero-order valence-corrected chi connectivity index (χ0v) is 11.5. The van der Waals surface area contributed by atoms with Crippen molar-refractivity contribution in [2.45, 2.75) is 19.9 Å². The number of carbonyl (C=O) groups is 2. The highest BCUT2D eigenvalue weighted by Gasteiger charge is 2.23. The molecule has 1 unspecified atom stereocenters. The second-order valence-electron chi connectivity index (χ2n) is 4.37. The number of carboxylic acids is 1. The maximum absolute atomic E-state index is 11.6. The molecule has 19 heavy (non-hydrogen) atoms. The van der Waals surface area contributed by atoms with Crippen LogP contribution in [0.5, 0.6) is 5.75 Å². The molecule has 1 rings (SSSR count). The van der Waals surface area contributed by atoms with Gasteiger partial charge in [0.15, 0.2) is 6.61 Å². The Balaban J connectivity index is 2.47. The number of hydrogen-bond donors (Lipinski definition) is 2. The monoisotopic (exact) mass is 285 g/mol. The number of amides is 1. The summed E-state index contributed by atoms with van der Waals surface area (Å²) in [4.78, 5) is 22.5. The van der Waals surface area contributed by atoms with E-state index in [0.29, 0.717) is 10.8 Å². The zero-order chi connectivity index (χ0) is 14.4. The van der Waals surface area contributed by atoms with Crippen molar-refractivity contribution in [3.05, 3.63) is 29.3 Å². The number of hydrogen-bond acceptors (Lipinski definition) is 3. The fourth-order valence-electron chi connectivity index (χ4n) is 1.41. The number of ether oxygens (including phenoxy) is 1. The number of carboxylic acid groups (broad SMARTS) is 1. The molecule has 0 radical (unpaired) electrons. The molecule has 1 aromatic rings. The van der Waals surface area contributed by atoms with Gasteiger partial charge in [0.05, 0.1) is 0 Å². The van der Waals surface area contributed by atoms with Gasteiger partial charge in [-0.1, -0.05) is 25.4 Å². The van der Waals surface area contributed by atoms with E-state index in [0.717, 1.165) is 0 Å². The van der Waals surface area contributed by atoms with Crippen LogP contribution in [-0.4, -0.2) is 29.6 Å². The first-order valence-corrected chi connectivity index (χ1v) is 6.18. The molecule has 0 aliphatic carbocycles. The molecule has 1 amide bonds. The average Bonchev–Trinajstić information content (AvgIpc) is 2.34. The van der Waals surface area contributed by atoms with Crippen molar-refractivity contribution in [1.82, 2.24) is 5.32 Å². The van der Waals surface area contributed by atoms with Crippen LogP contribution < -0.4 is 10.1 Å². The summed E-state index contributed by atoms with van der Waals surface area (Å²) in [6, 6.07) is 5.63. The van der Waals surface area contributed by atoms with Gasteiger partial charge in [0.25, 0.3) is 5.91 Å². The fraction of sp³-hybridized carbons (Fsp3) is 0.385. The van der Waals surface area contributed by atoms with Crippen LogP contribution in [0.15, 0.2) is 24.3 Å². The summed E-state index contributed by atoms with van der Waals surface area (Å²) in [5.74, 6) is -1.24. The average molecular weight is 286 g/mol. The molecule has 2 N–H and O–H groups in total. The van der Waals surface area contributed by atoms with Crippen molar-refractivity contribution in [1.29, 1.82) is 0 Å². The zero-order valence-electron chi connectivity index (χ0n) is 10.7. The normalized spacial score (nSPS) is 12.0. The lowest BCUT2D eigenvalue weighted by Gasteiger charge is -2.17. The number of carbonyl (C=O) groups excluding carboxylic acids is 1. The lowest BCUT2D eigenvalue weighted by Crippen LogP contribution is -2.46. The molecule has 0 heterocycles. The molecule has 6 heteroatoms. The van der Waals surface area contributed by atoms with Gasteiger partial charge in [0, 0.05) is 5.02 Å². The molecule has 0 aromatic heterocycles. The molecule has 0 fully saturated rings. The molecule has 104 valence electrons. The van der Waals surface area contributed by atoms with Gasteiger partial charge in [0.1, 0.15) is 11.8 Å². The molecular formula is C13H16ClNO4. The predicted molar refractivity (Wildman–Crippen MR) is 71.4 cm³/mol. The smallest absolute Gasteiger partial charge is 0.326 e. The van der Waals surface area contributed by atoms with Crippen molar-refractivity contribution in [3.8, 4) is 5.75 Å². The maximum atomic E-state index is 11.6. The van der Waals surface area contributed by atoms with E-state index >= 15 is 0 Å². The first-order valence-electron chi connectivity index (χ1n) is 5.80. The van der Waals surface area contributed by atoms with Gasteiger partial charge in [-0.2, -0.15) is 0 Å². The second-order valence-corrected chi connectivity index (χ2v) is 4.81. The lowest BCUT2D eigenvalue weighted by molar-refractivity contribution is -0.143. The Labute approximate surface area is 116 Å². The standard InChI is InChI=1S/C13H16ClNO4/c1-8(2)12(13(17)18)15-11(16)7-19-10-5-3-9(14)4-6-10/h3-6,8,12H,7H2,1-2H3,(H,15,16)(H,17,18). The Bertz CT molecular complexity index is 444. The molecular weight excluding hydrogens is 270 g/mol. The number of halogens is 1. The van der Waals surface area contributed by atoms with Crippen LogP contribution in [0.4, 0.5) is 0 Å². The SMILES string of the molecule is CC(C)C(NC(=O)COc1ccc(Cl)cc1)C(=O)O. The summed E-state index contributed by atoms with van der Waals surface area (Å²) in [6.45, 7) is 3.20. The number of rotatable bonds is 6. The quantitative estimate of drug-likeness (QED) is 0.837. The van der Waals surface area contributed by atoms with Crippen LogP contribution in [-0.2, 0) is 9.59 Å². The Hall–Kier alpha value is -1.75. The highest BCUT2D eigenvalue weighted by Crippen LogP contribution is 2.15. The van der Waals surface area contributed by atoms with Crippen LogP contribution in [0.1, 0.15) is 13.8 Å². The third-order valence-corrected chi connectivity index (χ3v) is 2.68. The minimum absolute atomic E-state index is 0.197. The van der Waals surface area contributed by atoms with Crippen LogP contribution in [0.2, 0.25) is 5.02 Å². The molecule has 0 aliphatic rings. The van der Waals surface area contributed by atoms with Gasteiger partial charge in [-0.05, 0) is 30.2 Å². The van der Waals surface area contributed by atoms with Crippen molar-refractivity contribution >= 4 is 23.5 Å². The van der Waals surface area contributed by atoms with Gasteiger partial charge in [0.2, 0.25) is 0 Å². The third kappa shape index (κ3) is 5.18. The van der Waals surface area contributed by atoms with Crippen molar-refractivity contribution < 1.29 is 19.4 Å². The first kappa shape index (κ1) is 15.3. The molecule has 0 saturated heterocycles. The second kappa shape index (κ2) is 6.99. The summed E-state index contributed by atoms with van der Waals surface area (Å²) >= 11 is 5.71. The van der Waals surface area contributed by atoms with E-state index in [1.807, 2.05) is 0 Å². The minimum atomic E-state index is -1.06. The Kier molecular flexibility index (Phi) is 5.63. The van der Waals surface area contributed by atoms with Gasteiger partial charge in [-0.3, -0.25) is 4.79 Å². The molecule has 1 atom stereocenters. The molecule has 1 aromatic carbocycles. The van der Waals surface area contributed by atoms with Crippen LogP contribution in [0.25, 0.3) is 0 Å². The van der Waals surface area contributed by atoms with Crippen LogP contribution in [0, 0.1) is 5.92 Å². The van der Waals surface area contributed by atoms with E-state index in [9.17, 15) is 9.59 Å². The first-order chi connectivity index (χ1) is 8.90. The lowest BCUT2D eigenvalue weighted by atomic mass is 10.1. The van der Waals surface area contributed by atoms with E-state index in [2.05, 4.69) is 5.32 Å². The van der Waals surface area contributed by atoms with Gasteiger partial charge >= 0.3 is 5.97 Å². The van der Waals surface area contributed by atoms with Gasteiger partial charge in [-0.15, -0.1) is 0 Å². The minimum Gasteiger partial charge on any atom is -0.484 e. The summed E-state index contributed by atoms with van der Waals surface area (Å²) in [5, 5.41) is 11.9. The molecule has 0 aliphatic heterocycles. The van der Waals surface area contributed by atoms with Crippen LogP contribution >= 0.6 is 11.6 Å². The van der Waals surface area contributed by atoms with Gasteiger partial charge in [-0.25, -0.2) is 4.79 Å². The van der Waals surface area contributed by atoms with Gasteiger partial charge < -0.3 is 15.2 Å². The van der Waals surface area contributed by atoms with E-state index in [1.165, 1.54) is 0 Å². The maximum Gasteiger partial charge on any atom is 0.326 e. The Morgan fingerprint density at radius 2 is 1.89 bits per heavy atom. The predicted octanol–water partition coefficient (Wildman–Crippen LogP) is 1.94. The summed E-state index contributed by atoms with van der Waals surface area (Å²) < 4.78 is 5.22. The summed E-state index contributed by atoms with van der Waals surface area (Å²) in [6.07, 6.45) is 0. The summed E-state index contributed by atoms with van der Waals surface area (Å²) in [5.41, 5.74) is 0. The molecule has 0 bridgehead atoms. The van der Waals surface area contributed by atoms with E-state index < -0.39 is 17.9 Å². The topological polar surface area (TPSA) is 75.6 Å². The number of nitrogens with one attached hydrogen (secondary N) is 1. The summed E-state index contributed by atoms with van der Waals surface area (Å²) in [7, 11) is 0. The molecule has 0 spiro atoms. The largest absolute Gasteiger partial charge is 0.484 e. The Morgan fingerprint density at radius 1 is 1.32 bits per heavy atom. The van der Waals surface area contributed by atoms with E-state index in [1.54, 1.807) is 38.1 Å². The van der Waals surface area contributed by atoms with E-state index in [-0.39, 0.29) is 12.5 Å². The third-order valence-electron chi connectivity index (χ3n) is 2.43. The van der Waals surface area contributed by atoms with Crippen LogP contribution in [0.3, 0.4) is 0 Å². The van der Waals surface area contributed by atoms with Crippen molar-refractivity contribution in [2.75, 3.05) is 6.61 Å². The van der Waals surface area contributed by atoms with Crippen molar-refractivity contribution in [3.63, 3.8) is 0 Å². The Morgan fingerprint density at radius 3 is 2.37 bits per heavy atom. The highest BCUT2D eigenvalue weighted by atomic mass is 35.5. The van der Waals surface area contributed by atoms with E-state index in [4.69, 9.17) is 21.4 Å². The molecule has 5 nitrogen and oxygen atoms in total.